The molecule has 0 aliphatic heterocycles. The molecule has 0 aromatic carbocycles. The number of sulfonamides is 1. The van der Waals surface area contributed by atoms with Gasteiger partial charge < -0.3 is 15.8 Å². The summed E-state index contributed by atoms with van der Waals surface area (Å²) in [7, 11) is -12.3. The van der Waals surface area contributed by atoms with Gasteiger partial charge in [-0.15, -0.1) is 0 Å². The SMILES string of the molecule is CCCCCCN(CC(O)CS(=O)(=O)[O-])S(=O)(=O)C(F)(F)C(F)(F)C(F)(F)C(F)(F)F.[NH4+]. The average Bonchev–Trinajstić information content (AvgIpc) is 2.54. The van der Waals surface area contributed by atoms with E-state index < -0.39 is 72.7 Å². The van der Waals surface area contributed by atoms with Crippen molar-refractivity contribution in [3.05, 3.63) is 0 Å². The van der Waals surface area contributed by atoms with Crippen molar-refractivity contribution in [2.75, 3.05) is 18.8 Å². The summed E-state index contributed by atoms with van der Waals surface area (Å²) >= 11 is 0. The van der Waals surface area contributed by atoms with Crippen LogP contribution in [0, 0.1) is 0 Å². The van der Waals surface area contributed by atoms with Gasteiger partial charge in [0.25, 0.3) is 10.0 Å². The third-order valence-electron chi connectivity index (χ3n) is 3.85. The Labute approximate surface area is 178 Å². The fourth-order valence-corrected chi connectivity index (χ4v) is 4.32. The van der Waals surface area contributed by atoms with Crippen LogP contribution in [0.15, 0.2) is 0 Å². The largest absolute Gasteiger partial charge is 0.748 e. The summed E-state index contributed by atoms with van der Waals surface area (Å²) in [5.41, 5.74) is 0. The number of hydrogen-bond acceptors (Lipinski definition) is 6. The Kier molecular flexibility index (Phi) is 11.5. The summed E-state index contributed by atoms with van der Waals surface area (Å²) in [6.45, 7) is -1.27. The standard InChI is InChI=1S/C13H20F9NO6S2.H3N/c1-2-3-4-5-6-23(7-9(24)8-30(25,26)27)31(28,29)13(21,22)11(16,17)10(14,15)12(18,19)20;/h9,24H,2-8H2,1H3,(H,25,26,27);1H3. The van der Waals surface area contributed by atoms with Crippen molar-refractivity contribution < 1.29 is 66.0 Å². The van der Waals surface area contributed by atoms with E-state index in [-0.39, 0.29) is 19.0 Å². The molecule has 0 rings (SSSR count). The Morgan fingerprint density at radius 3 is 1.72 bits per heavy atom. The second-order valence-electron chi connectivity index (χ2n) is 6.47. The van der Waals surface area contributed by atoms with Gasteiger partial charge in [0.05, 0.1) is 22.0 Å². The molecular formula is C13H23F9N2O6S2. The molecule has 0 aromatic heterocycles. The number of hydrogen-bond donors (Lipinski definition) is 2. The van der Waals surface area contributed by atoms with Crippen LogP contribution in [0.1, 0.15) is 32.6 Å². The van der Waals surface area contributed by atoms with Crippen LogP contribution in [0.25, 0.3) is 0 Å². The smallest absolute Gasteiger partial charge is 0.460 e. The van der Waals surface area contributed by atoms with Crippen LogP contribution in [-0.2, 0) is 20.1 Å². The van der Waals surface area contributed by atoms with Gasteiger partial charge in [0.2, 0.25) is 0 Å². The number of aliphatic hydroxyl groups is 1. The second-order valence-corrected chi connectivity index (χ2v) is 9.89. The second kappa shape index (κ2) is 11.0. The Morgan fingerprint density at radius 1 is 0.875 bits per heavy atom. The molecule has 0 saturated heterocycles. The number of nitrogens with zero attached hydrogens (tertiary/aromatic N) is 1. The molecule has 0 heterocycles. The number of rotatable bonds is 13. The van der Waals surface area contributed by atoms with Gasteiger partial charge in [-0.2, -0.15) is 43.8 Å². The number of quaternary nitrogens is 1. The summed E-state index contributed by atoms with van der Waals surface area (Å²) < 4.78 is 173. The molecule has 0 aliphatic carbocycles. The molecule has 0 radical (unpaired) electrons. The van der Waals surface area contributed by atoms with Crippen LogP contribution in [-0.4, -0.2) is 79.0 Å². The molecule has 5 N–H and O–H groups in total. The lowest BCUT2D eigenvalue weighted by Crippen LogP contribution is -2.65. The van der Waals surface area contributed by atoms with Crippen molar-refractivity contribution in [2.45, 2.75) is 62.0 Å². The number of aliphatic hydroxyl groups excluding tert-OH is 1. The third-order valence-corrected chi connectivity index (χ3v) is 6.56. The molecule has 1 atom stereocenters. The maximum atomic E-state index is 14.0. The third kappa shape index (κ3) is 7.31. The molecule has 32 heavy (non-hydrogen) atoms. The summed E-state index contributed by atoms with van der Waals surface area (Å²) in [6, 6.07) is 0. The fourth-order valence-electron chi connectivity index (χ4n) is 2.23. The minimum Gasteiger partial charge on any atom is -0.748 e. The van der Waals surface area contributed by atoms with Crippen LogP contribution in [0.4, 0.5) is 39.5 Å². The minimum atomic E-state index is -7.48. The predicted molar refractivity (Wildman–Crippen MR) is 92.1 cm³/mol. The Hall–Kier alpha value is -0.890. The first-order valence-corrected chi connectivity index (χ1v) is 11.4. The van der Waals surface area contributed by atoms with Gasteiger partial charge in [-0.3, -0.25) is 0 Å². The van der Waals surface area contributed by atoms with E-state index in [9.17, 15) is 66.0 Å². The van der Waals surface area contributed by atoms with Crippen LogP contribution in [0.5, 0.6) is 0 Å². The molecule has 0 aliphatic rings. The average molecular weight is 538 g/mol. The summed E-state index contributed by atoms with van der Waals surface area (Å²) in [5.74, 6) is -16.7. The van der Waals surface area contributed by atoms with Gasteiger partial charge in [-0.25, -0.2) is 16.8 Å². The maximum Gasteiger partial charge on any atom is 0.460 e. The van der Waals surface area contributed by atoms with Crippen molar-refractivity contribution >= 4 is 20.1 Å². The Bertz CT molecular complexity index is 803. The lowest BCUT2D eigenvalue weighted by Gasteiger charge is -2.36. The molecule has 196 valence electrons. The van der Waals surface area contributed by atoms with E-state index in [1.165, 1.54) is 0 Å². The number of halogens is 9. The van der Waals surface area contributed by atoms with Gasteiger partial charge in [0.1, 0.15) is 0 Å². The van der Waals surface area contributed by atoms with Crippen molar-refractivity contribution in [1.82, 2.24) is 10.5 Å². The zero-order chi connectivity index (χ0) is 25.1. The van der Waals surface area contributed by atoms with Crippen LogP contribution >= 0.6 is 0 Å². The topological polar surface area (TPSA) is 151 Å². The normalized spacial score (nSPS) is 15.5. The van der Waals surface area contributed by atoms with E-state index in [2.05, 4.69) is 0 Å². The molecular weight excluding hydrogens is 515 g/mol. The predicted octanol–water partition coefficient (Wildman–Crippen LogP) is 2.91. The minimum absolute atomic E-state index is 0. The molecule has 0 saturated carbocycles. The van der Waals surface area contributed by atoms with Crippen molar-refractivity contribution in [2.24, 2.45) is 0 Å². The molecule has 0 aromatic rings. The zero-order valence-electron chi connectivity index (χ0n) is 16.7. The highest BCUT2D eigenvalue weighted by Crippen LogP contribution is 2.55. The Morgan fingerprint density at radius 2 is 1.34 bits per heavy atom. The quantitative estimate of drug-likeness (QED) is 0.209. The van der Waals surface area contributed by atoms with E-state index in [1.54, 1.807) is 6.92 Å². The molecule has 1 unspecified atom stereocenters. The summed E-state index contributed by atoms with van der Waals surface area (Å²) in [4.78, 5) is 0. The fraction of sp³-hybridized carbons (Fsp3) is 1.00. The van der Waals surface area contributed by atoms with Gasteiger partial charge in [0.15, 0.2) is 0 Å². The van der Waals surface area contributed by atoms with E-state index in [4.69, 9.17) is 0 Å². The highest BCUT2D eigenvalue weighted by atomic mass is 32.2. The molecule has 19 heteroatoms. The Balaban J connectivity index is 0. The van der Waals surface area contributed by atoms with Crippen LogP contribution < -0.4 is 6.15 Å². The van der Waals surface area contributed by atoms with Gasteiger partial charge in [0, 0.05) is 13.1 Å². The first-order valence-electron chi connectivity index (χ1n) is 8.37. The lowest BCUT2D eigenvalue weighted by molar-refractivity contribution is -0.382. The molecule has 0 fully saturated rings. The molecule has 0 amide bonds. The first kappa shape index (κ1) is 33.3. The lowest BCUT2D eigenvalue weighted by atomic mass is 10.1. The van der Waals surface area contributed by atoms with Gasteiger partial charge in [-0.1, -0.05) is 26.2 Å². The number of unbranched alkanes of at least 4 members (excludes halogenated alkanes) is 3. The van der Waals surface area contributed by atoms with Gasteiger partial charge >= 0.3 is 23.3 Å². The monoisotopic (exact) mass is 538 g/mol. The molecule has 0 bridgehead atoms. The van der Waals surface area contributed by atoms with Crippen LogP contribution in [0.2, 0.25) is 0 Å². The highest BCUT2D eigenvalue weighted by molar-refractivity contribution is 7.90. The zero-order valence-corrected chi connectivity index (χ0v) is 18.3. The van der Waals surface area contributed by atoms with Gasteiger partial charge in [-0.05, 0) is 6.42 Å². The maximum absolute atomic E-state index is 14.0. The summed E-state index contributed by atoms with van der Waals surface area (Å²) in [5, 5.41) is 2.41. The van der Waals surface area contributed by atoms with E-state index >= 15 is 0 Å². The molecule has 8 nitrogen and oxygen atoms in total. The van der Waals surface area contributed by atoms with Crippen molar-refractivity contribution in [1.29, 1.82) is 0 Å². The number of alkyl halides is 9. The van der Waals surface area contributed by atoms with Crippen molar-refractivity contribution in [3.8, 4) is 0 Å². The van der Waals surface area contributed by atoms with E-state index in [1.807, 2.05) is 0 Å². The van der Waals surface area contributed by atoms with Crippen molar-refractivity contribution in [3.63, 3.8) is 0 Å². The van der Waals surface area contributed by atoms with Crippen LogP contribution in [0.3, 0.4) is 0 Å². The highest BCUT2D eigenvalue weighted by Gasteiger charge is 2.85. The van der Waals surface area contributed by atoms with E-state index in [0.29, 0.717) is 12.8 Å². The van der Waals surface area contributed by atoms with E-state index in [0.717, 1.165) is 0 Å². The first-order chi connectivity index (χ1) is 13.6. The molecule has 0 spiro atoms. The summed E-state index contributed by atoms with van der Waals surface area (Å²) in [6.07, 6.45) is -9.28.